The summed E-state index contributed by atoms with van der Waals surface area (Å²) in [6.07, 6.45) is 1.38. The molecule has 0 aromatic rings. The molecule has 0 aliphatic carbocycles. The van der Waals surface area contributed by atoms with Crippen molar-refractivity contribution in [2.24, 2.45) is 0 Å². The van der Waals surface area contributed by atoms with Crippen LogP contribution in [-0.4, -0.2) is 24.1 Å². The Hall–Kier alpha value is -0.0800. The fourth-order valence-electron chi connectivity index (χ4n) is 0.995. The zero-order valence-electron chi connectivity index (χ0n) is 3.65. The van der Waals surface area contributed by atoms with Gasteiger partial charge in [0.2, 0.25) is 0 Å². The van der Waals surface area contributed by atoms with Crippen LogP contribution in [0.1, 0.15) is 6.42 Å². The molecule has 0 saturated carbocycles. The molecule has 0 radical (unpaired) electrons. The first-order valence-electron chi connectivity index (χ1n) is 2.47. The number of rotatable bonds is 0. The predicted octanol–water partition coefficient (Wildman–Crippen LogP) is -0.421. The van der Waals surface area contributed by atoms with E-state index >= 15 is 0 Å². The van der Waals surface area contributed by atoms with Crippen molar-refractivity contribution in [2.75, 3.05) is 13.1 Å². The summed E-state index contributed by atoms with van der Waals surface area (Å²) in [5, 5.41) is 2.28. The molecule has 2 rings (SSSR count). The Kier molecular flexibility index (Phi) is 0.383. The summed E-state index contributed by atoms with van der Waals surface area (Å²) in [5.41, 5.74) is 3.23. The van der Waals surface area contributed by atoms with Gasteiger partial charge >= 0.3 is 0 Å². The molecule has 2 saturated heterocycles. The molecule has 0 amide bonds. The van der Waals surface area contributed by atoms with Crippen LogP contribution in [0.15, 0.2) is 0 Å². The minimum absolute atomic E-state index is 0.935. The molecule has 0 aromatic heterocycles. The Bertz CT molecular complexity index is 63.9. The number of hydrogen-bond donors (Lipinski definition) is 1. The summed E-state index contributed by atoms with van der Waals surface area (Å²) in [7, 11) is 0. The van der Waals surface area contributed by atoms with Gasteiger partial charge in [0.1, 0.15) is 0 Å². The molecule has 1 N–H and O–H groups in total. The number of hydrogen-bond acceptors (Lipinski definition) is 2. The Labute approximate surface area is 37.1 Å². The molecule has 34 valence electrons. The molecular weight excluding hydrogens is 76.1 g/mol. The molecule has 2 aliphatic heterocycles. The molecule has 2 fully saturated rings. The van der Waals surface area contributed by atoms with E-state index in [2.05, 4.69) is 10.4 Å². The van der Waals surface area contributed by atoms with Crippen LogP contribution in [0.3, 0.4) is 0 Å². The highest BCUT2D eigenvalue weighted by Crippen LogP contribution is 2.21. The van der Waals surface area contributed by atoms with Crippen LogP contribution in [-0.2, 0) is 0 Å². The van der Waals surface area contributed by atoms with Crippen molar-refractivity contribution in [3.63, 3.8) is 0 Å². The van der Waals surface area contributed by atoms with E-state index in [1.54, 1.807) is 0 Å². The maximum absolute atomic E-state index is 3.23. The lowest BCUT2D eigenvalue weighted by Crippen LogP contribution is -2.14. The average Bonchev–Trinajstić information content (AvgIpc) is 2.17. The fraction of sp³-hybridized carbons (Fsp3) is 1.00. The predicted molar refractivity (Wildman–Crippen MR) is 23.1 cm³/mol. The minimum atomic E-state index is 0.935. The summed E-state index contributed by atoms with van der Waals surface area (Å²) >= 11 is 0. The van der Waals surface area contributed by atoms with Crippen LogP contribution in [0.4, 0.5) is 0 Å². The molecule has 2 nitrogen and oxygen atoms in total. The zero-order chi connectivity index (χ0) is 3.98. The monoisotopic (exact) mass is 84.1 g/mol. The van der Waals surface area contributed by atoms with Crippen molar-refractivity contribution in [3.05, 3.63) is 0 Å². The summed E-state index contributed by atoms with van der Waals surface area (Å²) in [4.78, 5) is 0. The van der Waals surface area contributed by atoms with Crippen LogP contribution < -0.4 is 5.43 Å². The topological polar surface area (TPSA) is 15.0 Å². The normalized spacial score (nSPS) is 52.0. The molecule has 6 heavy (non-hydrogen) atoms. The molecule has 0 aromatic carbocycles. The first kappa shape index (κ1) is 2.99. The second-order valence-electron chi connectivity index (χ2n) is 2.00. The van der Waals surface area contributed by atoms with Gasteiger partial charge in [0.15, 0.2) is 0 Å². The number of fused-ring (bicyclic) bond motifs is 1. The van der Waals surface area contributed by atoms with Crippen molar-refractivity contribution < 1.29 is 0 Å². The molecule has 1 unspecified atom stereocenters. The van der Waals surface area contributed by atoms with Gasteiger partial charge in [-0.25, -0.2) is 5.01 Å². The molecule has 2 heterocycles. The average molecular weight is 84.1 g/mol. The lowest BCUT2D eigenvalue weighted by atomic mass is 10.3. The van der Waals surface area contributed by atoms with E-state index in [0.717, 1.165) is 6.04 Å². The molecule has 0 bridgehead atoms. The van der Waals surface area contributed by atoms with Gasteiger partial charge in [0.05, 0.1) is 0 Å². The maximum atomic E-state index is 3.23. The van der Waals surface area contributed by atoms with Crippen LogP contribution >= 0.6 is 0 Å². The lowest BCUT2D eigenvalue weighted by Gasteiger charge is -1.88. The van der Waals surface area contributed by atoms with Crippen LogP contribution in [0.25, 0.3) is 0 Å². The zero-order valence-corrected chi connectivity index (χ0v) is 3.65. The summed E-state index contributed by atoms with van der Waals surface area (Å²) in [6, 6.07) is 0.935. The summed E-state index contributed by atoms with van der Waals surface area (Å²) < 4.78 is 0. The second-order valence-corrected chi connectivity index (χ2v) is 2.00. The quantitative estimate of drug-likeness (QED) is 0.401. The standard InChI is InChI=1S/C4H8N2/c1-2-5-6-3-4(1)6/h4-5H,1-3H2/t4-,6?/m0/s1. The highest BCUT2D eigenvalue weighted by atomic mass is 15.6. The third-order valence-electron chi connectivity index (χ3n) is 1.51. The molecule has 2 aliphatic rings. The van der Waals surface area contributed by atoms with Crippen molar-refractivity contribution in [1.82, 2.24) is 10.4 Å². The van der Waals surface area contributed by atoms with E-state index in [1.807, 2.05) is 0 Å². The van der Waals surface area contributed by atoms with Crippen molar-refractivity contribution >= 4 is 0 Å². The Balaban J connectivity index is 2.09. The van der Waals surface area contributed by atoms with E-state index < -0.39 is 0 Å². The van der Waals surface area contributed by atoms with Gasteiger partial charge in [0.25, 0.3) is 0 Å². The second kappa shape index (κ2) is 0.768. The molecule has 2 heteroatoms. The Morgan fingerprint density at radius 3 is 2.83 bits per heavy atom. The van der Waals surface area contributed by atoms with Crippen molar-refractivity contribution in [1.29, 1.82) is 0 Å². The first-order valence-corrected chi connectivity index (χ1v) is 2.47. The van der Waals surface area contributed by atoms with E-state index in [-0.39, 0.29) is 0 Å². The van der Waals surface area contributed by atoms with E-state index in [4.69, 9.17) is 0 Å². The van der Waals surface area contributed by atoms with Crippen LogP contribution in [0.2, 0.25) is 0 Å². The van der Waals surface area contributed by atoms with Gasteiger partial charge in [-0.15, -0.1) is 0 Å². The SMILES string of the molecule is C1C[C@H]2CN2N1. The van der Waals surface area contributed by atoms with E-state index in [9.17, 15) is 0 Å². The van der Waals surface area contributed by atoms with Gasteiger partial charge < -0.3 is 0 Å². The summed E-state index contributed by atoms with van der Waals surface area (Å²) in [6.45, 7) is 2.52. The number of hydrazine groups is 1. The summed E-state index contributed by atoms with van der Waals surface area (Å²) in [5.74, 6) is 0. The Morgan fingerprint density at radius 2 is 2.67 bits per heavy atom. The molecule has 0 spiro atoms. The molecular formula is C4H8N2. The van der Waals surface area contributed by atoms with E-state index in [0.29, 0.717) is 0 Å². The largest absolute Gasteiger partial charge is 0.255 e. The Morgan fingerprint density at radius 1 is 1.67 bits per heavy atom. The maximum Gasteiger partial charge on any atom is 0.0398 e. The van der Waals surface area contributed by atoms with Gasteiger partial charge in [-0.1, -0.05) is 0 Å². The highest BCUT2D eigenvalue weighted by molar-refractivity contribution is 4.91. The lowest BCUT2D eigenvalue weighted by molar-refractivity contribution is 0.453. The van der Waals surface area contributed by atoms with Gasteiger partial charge in [-0.3, -0.25) is 5.43 Å². The number of nitrogens with one attached hydrogen (secondary N) is 1. The van der Waals surface area contributed by atoms with Crippen LogP contribution in [0, 0.1) is 0 Å². The minimum Gasteiger partial charge on any atom is -0.255 e. The van der Waals surface area contributed by atoms with E-state index in [1.165, 1.54) is 19.5 Å². The van der Waals surface area contributed by atoms with Gasteiger partial charge in [0, 0.05) is 19.1 Å². The smallest absolute Gasteiger partial charge is 0.0398 e. The van der Waals surface area contributed by atoms with Gasteiger partial charge in [-0.2, -0.15) is 0 Å². The van der Waals surface area contributed by atoms with Crippen molar-refractivity contribution in [2.45, 2.75) is 12.5 Å². The van der Waals surface area contributed by atoms with Crippen LogP contribution in [0.5, 0.6) is 0 Å². The third-order valence-corrected chi connectivity index (χ3v) is 1.51. The van der Waals surface area contributed by atoms with Crippen molar-refractivity contribution in [3.8, 4) is 0 Å². The first-order chi connectivity index (χ1) is 2.97. The third kappa shape index (κ3) is 0.235. The number of nitrogens with zero attached hydrogens (tertiary/aromatic N) is 1. The fourth-order valence-corrected chi connectivity index (χ4v) is 0.995. The highest BCUT2D eigenvalue weighted by Gasteiger charge is 2.37. The van der Waals surface area contributed by atoms with Gasteiger partial charge in [-0.05, 0) is 6.42 Å². The molecule has 2 atom stereocenters.